The van der Waals surface area contributed by atoms with Crippen molar-refractivity contribution in [2.24, 2.45) is 5.73 Å². The Morgan fingerprint density at radius 3 is 3.07 bits per heavy atom. The highest BCUT2D eigenvalue weighted by atomic mass is 16.5. The zero-order valence-corrected chi connectivity index (χ0v) is 8.98. The lowest BCUT2D eigenvalue weighted by molar-refractivity contribution is 0.000497. The Kier molecular flexibility index (Phi) is 3.33. The van der Waals surface area contributed by atoms with Crippen molar-refractivity contribution in [1.82, 2.24) is 10.1 Å². The van der Waals surface area contributed by atoms with Crippen LogP contribution in [0.5, 0.6) is 0 Å². The first kappa shape index (κ1) is 10.6. The van der Waals surface area contributed by atoms with Gasteiger partial charge in [0.25, 0.3) is 5.89 Å². The fourth-order valence-electron chi connectivity index (χ4n) is 1.92. The molecular weight excluding hydrogens is 194 g/mol. The standard InChI is InChI=1S/C10H17N3O2/c1-7-12-10(15-13-7)6-14-9-4-2-3-8(11)5-9/h8-9H,2-6,11H2,1H3. The molecule has 84 valence electrons. The van der Waals surface area contributed by atoms with Crippen molar-refractivity contribution in [2.45, 2.75) is 51.4 Å². The van der Waals surface area contributed by atoms with Gasteiger partial charge in [0.1, 0.15) is 6.61 Å². The molecule has 5 heteroatoms. The lowest BCUT2D eigenvalue weighted by Crippen LogP contribution is -2.32. The molecule has 1 fully saturated rings. The number of nitrogens with two attached hydrogens (primary N) is 1. The van der Waals surface area contributed by atoms with Crippen LogP contribution in [0.25, 0.3) is 0 Å². The molecular formula is C10H17N3O2. The summed E-state index contributed by atoms with van der Waals surface area (Å²) in [5.74, 6) is 1.19. The summed E-state index contributed by atoms with van der Waals surface area (Å²) in [5.41, 5.74) is 5.87. The maximum atomic E-state index is 5.87. The molecule has 1 aliphatic rings. The predicted molar refractivity (Wildman–Crippen MR) is 54.1 cm³/mol. The lowest BCUT2D eigenvalue weighted by Gasteiger charge is -2.26. The molecule has 0 spiro atoms. The van der Waals surface area contributed by atoms with Gasteiger partial charge in [0.05, 0.1) is 6.10 Å². The van der Waals surface area contributed by atoms with E-state index >= 15 is 0 Å². The Bertz CT molecular complexity index is 313. The Hall–Kier alpha value is -0.940. The molecule has 2 unspecified atom stereocenters. The fourth-order valence-corrected chi connectivity index (χ4v) is 1.92. The van der Waals surface area contributed by atoms with Gasteiger partial charge in [-0.3, -0.25) is 0 Å². The molecule has 2 N–H and O–H groups in total. The molecule has 0 radical (unpaired) electrons. The highest BCUT2D eigenvalue weighted by Crippen LogP contribution is 2.20. The van der Waals surface area contributed by atoms with Gasteiger partial charge >= 0.3 is 0 Å². The minimum atomic E-state index is 0.251. The van der Waals surface area contributed by atoms with Crippen molar-refractivity contribution in [3.05, 3.63) is 11.7 Å². The van der Waals surface area contributed by atoms with Crippen LogP contribution in [0.4, 0.5) is 0 Å². The van der Waals surface area contributed by atoms with Crippen molar-refractivity contribution < 1.29 is 9.26 Å². The highest BCUT2D eigenvalue weighted by molar-refractivity contribution is 4.81. The maximum absolute atomic E-state index is 5.87. The quantitative estimate of drug-likeness (QED) is 0.812. The molecule has 2 rings (SSSR count). The highest BCUT2D eigenvalue weighted by Gasteiger charge is 2.20. The van der Waals surface area contributed by atoms with Crippen molar-refractivity contribution in [3.63, 3.8) is 0 Å². The molecule has 1 aromatic heterocycles. The number of aryl methyl sites for hydroxylation is 1. The van der Waals surface area contributed by atoms with Gasteiger partial charge in [-0.25, -0.2) is 0 Å². The van der Waals surface area contributed by atoms with E-state index in [0.29, 0.717) is 18.3 Å². The molecule has 0 amide bonds. The largest absolute Gasteiger partial charge is 0.368 e. The number of ether oxygens (including phenoxy) is 1. The molecule has 0 saturated heterocycles. The second-order valence-corrected chi connectivity index (χ2v) is 4.10. The molecule has 1 aromatic rings. The summed E-state index contributed by atoms with van der Waals surface area (Å²) in [6, 6.07) is 0.285. The summed E-state index contributed by atoms with van der Waals surface area (Å²) in [4.78, 5) is 4.08. The van der Waals surface area contributed by atoms with E-state index in [-0.39, 0.29) is 12.1 Å². The van der Waals surface area contributed by atoms with E-state index < -0.39 is 0 Å². The van der Waals surface area contributed by atoms with Gasteiger partial charge in [-0.2, -0.15) is 4.98 Å². The van der Waals surface area contributed by atoms with Gasteiger partial charge in [0.15, 0.2) is 5.82 Å². The van der Waals surface area contributed by atoms with Crippen LogP contribution in [0.1, 0.15) is 37.4 Å². The van der Waals surface area contributed by atoms with E-state index in [1.807, 2.05) is 0 Å². The van der Waals surface area contributed by atoms with E-state index in [4.69, 9.17) is 15.0 Å². The van der Waals surface area contributed by atoms with Crippen LogP contribution in [-0.4, -0.2) is 22.3 Å². The Balaban J connectivity index is 1.77. The molecule has 2 atom stereocenters. The third-order valence-corrected chi connectivity index (χ3v) is 2.68. The van der Waals surface area contributed by atoms with E-state index in [2.05, 4.69) is 10.1 Å². The Morgan fingerprint density at radius 2 is 2.40 bits per heavy atom. The van der Waals surface area contributed by atoms with E-state index in [0.717, 1.165) is 25.7 Å². The number of nitrogens with zero attached hydrogens (tertiary/aromatic N) is 2. The van der Waals surface area contributed by atoms with Gasteiger partial charge in [-0.05, 0) is 32.6 Å². The van der Waals surface area contributed by atoms with Crippen LogP contribution in [-0.2, 0) is 11.3 Å². The smallest absolute Gasteiger partial charge is 0.252 e. The SMILES string of the molecule is Cc1noc(COC2CCCC(N)C2)n1. The first-order chi connectivity index (χ1) is 7.24. The number of hydrogen-bond acceptors (Lipinski definition) is 5. The van der Waals surface area contributed by atoms with Crippen LogP contribution in [0, 0.1) is 6.92 Å². The fraction of sp³-hybridized carbons (Fsp3) is 0.800. The third kappa shape index (κ3) is 3.00. The van der Waals surface area contributed by atoms with Crippen molar-refractivity contribution in [2.75, 3.05) is 0 Å². The van der Waals surface area contributed by atoms with Crippen LogP contribution < -0.4 is 5.73 Å². The van der Waals surface area contributed by atoms with Gasteiger partial charge < -0.3 is 15.0 Å². The molecule has 0 bridgehead atoms. The van der Waals surface area contributed by atoms with Crippen molar-refractivity contribution in [1.29, 1.82) is 0 Å². The van der Waals surface area contributed by atoms with Crippen LogP contribution in [0.2, 0.25) is 0 Å². The molecule has 5 nitrogen and oxygen atoms in total. The molecule has 0 aromatic carbocycles. The average molecular weight is 211 g/mol. The average Bonchev–Trinajstić information content (AvgIpc) is 2.62. The summed E-state index contributed by atoms with van der Waals surface area (Å²) in [5, 5.41) is 3.70. The second-order valence-electron chi connectivity index (χ2n) is 4.10. The third-order valence-electron chi connectivity index (χ3n) is 2.68. The zero-order valence-electron chi connectivity index (χ0n) is 8.98. The van der Waals surface area contributed by atoms with Gasteiger partial charge in [0, 0.05) is 6.04 Å². The molecule has 15 heavy (non-hydrogen) atoms. The van der Waals surface area contributed by atoms with Gasteiger partial charge in [0.2, 0.25) is 0 Å². The monoisotopic (exact) mass is 211 g/mol. The summed E-state index contributed by atoms with van der Waals surface area (Å²) < 4.78 is 10.6. The summed E-state index contributed by atoms with van der Waals surface area (Å²) in [7, 11) is 0. The summed E-state index contributed by atoms with van der Waals surface area (Å²) in [6.45, 7) is 2.20. The first-order valence-electron chi connectivity index (χ1n) is 5.40. The first-order valence-corrected chi connectivity index (χ1v) is 5.40. The summed E-state index contributed by atoms with van der Waals surface area (Å²) in [6.07, 6.45) is 4.53. The Labute approximate surface area is 89.0 Å². The topological polar surface area (TPSA) is 74.2 Å². The Morgan fingerprint density at radius 1 is 1.53 bits per heavy atom. The molecule has 0 aliphatic heterocycles. The second kappa shape index (κ2) is 4.72. The number of rotatable bonds is 3. The van der Waals surface area contributed by atoms with Crippen LogP contribution >= 0.6 is 0 Å². The molecule has 1 aliphatic carbocycles. The van der Waals surface area contributed by atoms with Gasteiger partial charge in [-0.15, -0.1) is 0 Å². The molecule has 1 heterocycles. The van der Waals surface area contributed by atoms with Crippen LogP contribution in [0.3, 0.4) is 0 Å². The van der Waals surface area contributed by atoms with E-state index in [9.17, 15) is 0 Å². The van der Waals surface area contributed by atoms with Crippen LogP contribution in [0.15, 0.2) is 4.52 Å². The summed E-state index contributed by atoms with van der Waals surface area (Å²) >= 11 is 0. The minimum Gasteiger partial charge on any atom is -0.368 e. The number of hydrogen-bond donors (Lipinski definition) is 1. The normalized spacial score (nSPS) is 26.8. The van der Waals surface area contributed by atoms with Crippen molar-refractivity contribution in [3.8, 4) is 0 Å². The zero-order chi connectivity index (χ0) is 10.7. The van der Waals surface area contributed by atoms with Crippen molar-refractivity contribution >= 4 is 0 Å². The van der Waals surface area contributed by atoms with E-state index in [1.54, 1.807) is 6.92 Å². The minimum absolute atomic E-state index is 0.251. The maximum Gasteiger partial charge on any atom is 0.252 e. The van der Waals surface area contributed by atoms with Gasteiger partial charge in [-0.1, -0.05) is 5.16 Å². The molecule has 1 saturated carbocycles. The predicted octanol–water partition coefficient (Wildman–Crippen LogP) is 1.16. The number of aromatic nitrogens is 2. The van der Waals surface area contributed by atoms with E-state index in [1.165, 1.54) is 0 Å². The lowest BCUT2D eigenvalue weighted by atomic mass is 9.94.